The summed E-state index contributed by atoms with van der Waals surface area (Å²) in [7, 11) is 0. The molecule has 3 nitrogen and oxygen atoms in total. The average molecular weight is 253 g/mol. The van der Waals surface area contributed by atoms with Gasteiger partial charge in [-0.1, -0.05) is 20.8 Å². The second kappa shape index (κ2) is 4.94. The Labute approximate surface area is 108 Å². The number of nitrogens with two attached hydrogens (primary N) is 1. The lowest BCUT2D eigenvalue weighted by molar-refractivity contribution is 0.279. The summed E-state index contributed by atoms with van der Waals surface area (Å²) >= 11 is 1.78. The fourth-order valence-electron chi connectivity index (χ4n) is 2.24. The van der Waals surface area contributed by atoms with Crippen molar-refractivity contribution in [2.75, 3.05) is 18.0 Å². The highest BCUT2D eigenvalue weighted by molar-refractivity contribution is 7.15. The van der Waals surface area contributed by atoms with Crippen LogP contribution in [0.15, 0.2) is 0 Å². The molecule has 0 aromatic carbocycles. The van der Waals surface area contributed by atoms with Crippen LogP contribution < -0.4 is 10.6 Å². The highest BCUT2D eigenvalue weighted by Crippen LogP contribution is 2.34. The summed E-state index contributed by atoms with van der Waals surface area (Å²) in [6.45, 7) is 9.75. The van der Waals surface area contributed by atoms with Crippen LogP contribution in [0.2, 0.25) is 0 Å². The standard InChI is InChI=1S/C13H23N3S/c1-4-10-11(9-14)17-12(15-10)16-7-5-13(2,3)6-8-16/h4-9,14H2,1-3H3. The van der Waals surface area contributed by atoms with Crippen LogP contribution >= 0.6 is 11.3 Å². The maximum atomic E-state index is 5.76. The lowest BCUT2D eigenvalue weighted by atomic mass is 9.83. The van der Waals surface area contributed by atoms with Gasteiger partial charge in [0, 0.05) is 24.5 Å². The zero-order chi connectivity index (χ0) is 12.5. The van der Waals surface area contributed by atoms with E-state index in [9.17, 15) is 0 Å². The SMILES string of the molecule is CCc1nc(N2CCC(C)(C)CC2)sc1CN. The molecule has 0 radical (unpaired) electrons. The second-order valence-electron chi connectivity index (χ2n) is 5.58. The largest absolute Gasteiger partial charge is 0.348 e. The number of aryl methyl sites for hydroxylation is 1. The van der Waals surface area contributed by atoms with Crippen molar-refractivity contribution in [2.45, 2.75) is 46.6 Å². The van der Waals surface area contributed by atoms with Gasteiger partial charge >= 0.3 is 0 Å². The minimum Gasteiger partial charge on any atom is -0.348 e. The third kappa shape index (κ3) is 2.80. The first-order valence-electron chi connectivity index (χ1n) is 6.49. The van der Waals surface area contributed by atoms with Crippen LogP contribution in [0, 0.1) is 5.41 Å². The molecule has 1 fully saturated rings. The van der Waals surface area contributed by atoms with Crippen molar-refractivity contribution in [1.29, 1.82) is 0 Å². The highest BCUT2D eigenvalue weighted by Gasteiger charge is 2.27. The van der Waals surface area contributed by atoms with Crippen LogP contribution in [-0.2, 0) is 13.0 Å². The van der Waals surface area contributed by atoms with Crippen molar-refractivity contribution >= 4 is 16.5 Å². The van der Waals surface area contributed by atoms with Crippen LogP contribution in [0.4, 0.5) is 5.13 Å². The molecular weight excluding hydrogens is 230 g/mol. The predicted molar refractivity (Wildman–Crippen MR) is 74.6 cm³/mol. The summed E-state index contributed by atoms with van der Waals surface area (Å²) in [5, 5.41) is 1.18. The molecule has 1 aromatic heterocycles. The van der Waals surface area contributed by atoms with Gasteiger partial charge < -0.3 is 10.6 Å². The second-order valence-corrected chi connectivity index (χ2v) is 6.64. The number of nitrogens with zero attached hydrogens (tertiary/aromatic N) is 2. The van der Waals surface area contributed by atoms with Crippen molar-refractivity contribution in [3.63, 3.8) is 0 Å². The molecule has 1 aliphatic heterocycles. The van der Waals surface area contributed by atoms with E-state index in [-0.39, 0.29) is 0 Å². The molecule has 2 heterocycles. The van der Waals surface area contributed by atoms with Gasteiger partial charge in [0.25, 0.3) is 0 Å². The van der Waals surface area contributed by atoms with Crippen LogP contribution in [0.1, 0.15) is 44.2 Å². The van der Waals surface area contributed by atoms with Gasteiger partial charge in [-0.2, -0.15) is 0 Å². The summed E-state index contributed by atoms with van der Waals surface area (Å²) < 4.78 is 0. The van der Waals surface area contributed by atoms with Crippen LogP contribution in [-0.4, -0.2) is 18.1 Å². The van der Waals surface area contributed by atoms with E-state index in [1.807, 2.05) is 0 Å². The lowest BCUT2D eigenvalue weighted by Crippen LogP contribution is -2.37. The van der Waals surface area contributed by atoms with Gasteiger partial charge in [-0.25, -0.2) is 4.98 Å². The van der Waals surface area contributed by atoms with E-state index in [4.69, 9.17) is 10.7 Å². The van der Waals surface area contributed by atoms with E-state index in [0.717, 1.165) is 19.5 Å². The number of hydrogen-bond acceptors (Lipinski definition) is 4. The summed E-state index contributed by atoms with van der Waals surface area (Å²) in [6, 6.07) is 0. The van der Waals surface area contributed by atoms with Gasteiger partial charge in [-0.05, 0) is 24.7 Å². The Morgan fingerprint density at radius 1 is 1.35 bits per heavy atom. The Morgan fingerprint density at radius 2 is 2.00 bits per heavy atom. The van der Waals surface area contributed by atoms with Gasteiger partial charge in [-0.3, -0.25) is 0 Å². The Kier molecular flexibility index (Phi) is 3.73. The first-order valence-corrected chi connectivity index (χ1v) is 7.31. The Hall–Kier alpha value is -0.610. The van der Waals surface area contributed by atoms with Crippen molar-refractivity contribution in [2.24, 2.45) is 11.1 Å². The molecule has 2 rings (SSSR count). The third-order valence-corrected chi connectivity index (χ3v) is 4.86. The molecule has 0 aliphatic carbocycles. The van der Waals surface area contributed by atoms with E-state index >= 15 is 0 Å². The minimum atomic E-state index is 0.498. The number of anilines is 1. The number of hydrogen-bond donors (Lipinski definition) is 1. The summed E-state index contributed by atoms with van der Waals surface area (Å²) in [5.74, 6) is 0. The smallest absolute Gasteiger partial charge is 0.185 e. The van der Waals surface area contributed by atoms with Gasteiger partial charge in [0.2, 0.25) is 0 Å². The normalized spacial score (nSPS) is 19.6. The first-order chi connectivity index (χ1) is 8.05. The summed E-state index contributed by atoms with van der Waals surface area (Å²) in [5.41, 5.74) is 7.45. The molecule has 1 saturated heterocycles. The van der Waals surface area contributed by atoms with Crippen LogP contribution in [0.5, 0.6) is 0 Å². The predicted octanol–water partition coefficient (Wildman–Crippen LogP) is 2.79. The fourth-order valence-corrected chi connectivity index (χ4v) is 3.32. The van der Waals surface area contributed by atoms with E-state index in [0.29, 0.717) is 12.0 Å². The van der Waals surface area contributed by atoms with Crippen LogP contribution in [0.3, 0.4) is 0 Å². The summed E-state index contributed by atoms with van der Waals surface area (Å²) in [6.07, 6.45) is 3.50. The van der Waals surface area contributed by atoms with Gasteiger partial charge in [0.15, 0.2) is 5.13 Å². The average Bonchev–Trinajstić information content (AvgIpc) is 2.72. The van der Waals surface area contributed by atoms with E-state index < -0.39 is 0 Å². The van der Waals surface area contributed by atoms with Gasteiger partial charge in [0.1, 0.15) is 0 Å². The number of rotatable bonds is 3. The molecule has 0 amide bonds. The number of aromatic nitrogens is 1. The molecule has 0 saturated carbocycles. The quantitative estimate of drug-likeness (QED) is 0.900. The Morgan fingerprint density at radius 3 is 2.47 bits per heavy atom. The monoisotopic (exact) mass is 253 g/mol. The molecular formula is C13H23N3S. The van der Waals surface area contributed by atoms with Gasteiger partial charge in [0.05, 0.1) is 5.69 Å². The zero-order valence-corrected chi connectivity index (χ0v) is 11.9. The van der Waals surface area contributed by atoms with Crippen molar-refractivity contribution < 1.29 is 0 Å². The fraction of sp³-hybridized carbons (Fsp3) is 0.769. The zero-order valence-electron chi connectivity index (χ0n) is 11.1. The third-order valence-electron chi connectivity index (χ3n) is 3.67. The van der Waals surface area contributed by atoms with E-state index in [1.165, 1.54) is 28.5 Å². The molecule has 0 spiro atoms. The Balaban J connectivity index is 2.10. The van der Waals surface area contributed by atoms with Gasteiger partial charge in [-0.15, -0.1) is 11.3 Å². The Bertz CT molecular complexity index is 353. The molecule has 4 heteroatoms. The highest BCUT2D eigenvalue weighted by atomic mass is 32.1. The molecule has 0 unspecified atom stereocenters. The molecule has 96 valence electrons. The maximum absolute atomic E-state index is 5.76. The molecule has 0 atom stereocenters. The summed E-state index contributed by atoms with van der Waals surface area (Å²) in [4.78, 5) is 8.42. The topological polar surface area (TPSA) is 42.2 Å². The number of thiazole rings is 1. The lowest BCUT2D eigenvalue weighted by Gasteiger charge is -2.36. The van der Waals surface area contributed by atoms with Crippen molar-refractivity contribution in [1.82, 2.24) is 4.98 Å². The molecule has 0 bridgehead atoms. The minimum absolute atomic E-state index is 0.498. The van der Waals surface area contributed by atoms with E-state index in [2.05, 4.69) is 25.7 Å². The molecule has 1 aliphatic rings. The molecule has 1 aromatic rings. The van der Waals surface area contributed by atoms with Crippen molar-refractivity contribution in [3.8, 4) is 0 Å². The van der Waals surface area contributed by atoms with E-state index in [1.54, 1.807) is 11.3 Å². The first kappa shape index (κ1) is 12.8. The number of piperidine rings is 1. The molecule has 2 N–H and O–H groups in total. The maximum Gasteiger partial charge on any atom is 0.185 e. The van der Waals surface area contributed by atoms with Crippen molar-refractivity contribution in [3.05, 3.63) is 10.6 Å². The van der Waals surface area contributed by atoms with Crippen LogP contribution in [0.25, 0.3) is 0 Å². The molecule has 17 heavy (non-hydrogen) atoms.